The molecule has 0 saturated heterocycles. The minimum Gasteiger partial charge on any atom is -0.392 e. The highest BCUT2D eigenvalue weighted by Crippen LogP contribution is 2.34. The molecule has 1 aromatic heterocycles. The van der Waals surface area contributed by atoms with Crippen LogP contribution in [0.1, 0.15) is 36.6 Å². The molecule has 1 saturated carbocycles. The van der Waals surface area contributed by atoms with Crippen molar-refractivity contribution in [3.05, 3.63) is 41.7 Å². The number of nitrogens with one attached hydrogen (secondary N) is 1. The lowest BCUT2D eigenvalue weighted by molar-refractivity contribution is -0.119. The molecule has 2 aliphatic rings. The predicted octanol–water partition coefficient (Wildman–Crippen LogP) is 1.72. The number of rotatable bonds is 4. The van der Waals surface area contributed by atoms with E-state index in [-0.39, 0.29) is 18.1 Å². The summed E-state index contributed by atoms with van der Waals surface area (Å²) >= 11 is 0. The zero-order chi connectivity index (χ0) is 15.8. The van der Waals surface area contributed by atoms with E-state index in [2.05, 4.69) is 15.6 Å². The molecular formula is C17H20N4O2. The van der Waals surface area contributed by atoms with E-state index in [1.165, 1.54) is 0 Å². The second-order valence-corrected chi connectivity index (χ2v) is 6.50. The number of aryl methyl sites for hydroxylation is 1. The number of fused-ring (bicyclic) bond motifs is 1. The van der Waals surface area contributed by atoms with E-state index in [0.717, 1.165) is 36.2 Å². The zero-order valence-corrected chi connectivity index (χ0v) is 12.9. The van der Waals surface area contributed by atoms with E-state index in [1.54, 1.807) is 10.9 Å². The van der Waals surface area contributed by atoms with Crippen LogP contribution in [0.3, 0.4) is 0 Å². The van der Waals surface area contributed by atoms with E-state index in [9.17, 15) is 9.90 Å². The van der Waals surface area contributed by atoms with Gasteiger partial charge < -0.3 is 10.4 Å². The molecule has 2 N–H and O–H groups in total. The molecule has 4 rings (SSSR count). The Hall–Kier alpha value is -2.21. The Balaban J connectivity index is 1.49. The fraction of sp³-hybridized carbons (Fsp3) is 0.471. The number of carbonyl (C=O) groups is 1. The normalized spacial score (nSPS) is 22.1. The first-order valence-corrected chi connectivity index (χ1v) is 8.18. The van der Waals surface area contributed by atoms with Gasteiger partial charge in [0.25, 0.3) is 0 Å². The van der Waals surface area contributed by atoms with Crippen LogP contribution in [0.15, 0.2) is 30.5 Å². The van der Waals surface area contributed by atoms with Gasteiger partial charge in [-0.1, -0.05) is 23.4 Å². The van der Waals surface area contributed by atoms with E-state index < -0.39 is 0 Å². The van der Waals surface area contributed by atoms with Gasteiger partial charge >= 0.3 is 0 Å². The van der Waals surface area contributed by atoms with Crippen molar-refractivity contribution >= 4 is 11.6 Å². The van der Waals surface area contributed by atoms with Crippen molar-refractivity contribution in [2.75, 3.05) is 5.32 Å². The fourth-order valence-corrected chi connectivity index (χ4v) is 3.17. The Morgan fingerprint density at radius 3 is 2.96 bits per heavy atom. The van der Waals surface area contributed by atoms with Gasteiger partial charge in [0, 0.05) is 18.3 Å². The van der Waals surface area contributed by atoms with Crippen LogP contribution in [0.4, 0.5) is 5.69 Å². The lowest BCUT2D eigenvalue weighted by Gasteiger charge is -2.12. The second-order valence-electron chi connectivity index (χ2n) is 6.50. The molecule has 1 aliphatic carbocycles. The first kappa shape index (κ1) is 14.4. The van der Waals surface area contributed by atoms with Crippen molar-refractivity contribution in [2.45, 2.75) is 44.2 Å². The first-order chi connectivity index (χ1) is 11.2. The minimum absolute atomic E-state index is 0.0610. The van der Waals surface area contributed by atoms with Gasteiger partial charge in [-0.25, -0.2) is 4.68 Å². The number of aromatic nitrogens is 3. The standard InChI is InChI=1S/C17H20N4O2/c22-16(12-5-6-12)9-13-10-21(20-19-13)15-8-7-11-3-1-2-4-14(11)18-17(15)23/h1-4,10,12,15-16,22H,5-9H2,(H,18,23). The predicted molar refractivity (Wildman–Crippen MR) is 84.9 cm³/mol. The van der Waals surface area contributed by atoms with Crippen molar-refractivity contribution in [1.82, 2.24) is 15.0 Å². The highest BCUT2D eigenvalue weighted by molar-refractivity contribution is 5.95. The Morgan fingerprint density at radius 1 is 1.30 bits per heavy atom. The van der Waals surface area contributed by atoms with Gasteiger partial charge in [0.1, 0.15) is 6.04 Å². The average molecular weight is 312 g/mol. The second kappa shape index (κ2) is 5.77. The number of aliphatic hydroxyl groups is 1. The molecule has 0 spiro atoms. The van der Waals surface area contributed by atoms with Crippen LogP contribution in [0.5, 0.6) is 0 Å². The van der Waals surface area contributed by atoms with Gasteiger partial charge in [-0.2, -0.15) is 0 Å². The van der Waals surface area contributed by atoms with E-state index in [0.29, 0.717) is 18.8 Å². The molecule has 2 unspecified atom stereocenters. The lowest BCUT2D eigenvalue weighted by atomic mass is 10.1. The topological polar surface area (TPSA) is 80.0 Å². The van der Waals surface area contributed by atoms with Crippen LogP contribution in [0.25, 0.3) is 0 Å². The SMILES string of the molecule is O=C1Nc2ccccc2CCC1n1cc(CC(O)C2CC2)nn1. The number of amides is 1. The molecule has 23 heavy (non-hydrogen) atoms. The Morgan fingerprint density at radius 2 is 2.13 bits per heavy atom. The van der Waals surface area contributed by atoms with Gasteiger partial charge in [0.15, 0.2) is 0 Å². The third-order valence-electron chi connectivity index (χ3n) is 4.73. The van der Waals surface area contributed by atoms with Crippen LogP contribution in [-0.2, 0) is 17.6 Å². The van der Waals surface area contributed by atoms with Gasteiger partial charge in [-0.3, -0.25) is 4.79 Å². The maximum absolute atomic E-state index is 12.5. The summed E-state index contributed by atoms with van der Waals surface area (Å²) in [6.45, 7) is 0. The number of carbonyl (C=O) groups excluding carboxylic acids is 1. The molecule has 1 amide bonds. The molecule has 1 fully saturated rings. The molecular weight excluding hydrogens is 292 g/mol. The molecule has 6 heteroatoms. The quantitative estimate of drug-likeness (QED) is 0.901. The summed E-state index contributed by atoms with van der Waals surface area (Å²) in [5.74, 6) is 0.352. The van der Waals surface area contributed by atoms with Crippen molar-refractivity contribution in [1.29, 1.82) is 0 Å². The smallest absolute Gasteiger partial charge is 0.249 e. The van der Waals surface area contributed by atoms with Crippen LogP contribution in [-0.4, -0.2) is 32.1 Å². The molecule has 2 heterocycles. The number of anilines is 1. The lowest BCUT2D eigenvalue weighted by Crippen LogP contribution is -2.25. The fourth-order valence-electron chi connectivity index (χ4n) is 3.17. The largest absolute Gasteiger partial charge is 0.392 e. The molecule has 6 nitrogen and oxygen atoms in total. The maximum atomic E-state index is 12.5. The molecule has 0 radical (unpaired) electrons. The number of benzene rings is 1. The number of hydrogen-bond donors (Lipinski definition) is 2. The van der Waals surface area contributed by atoms with Gasteiger partial charge in [-0.15, -0.1) is 5.10 Å². The minimum atomic E-state index is -0.360. The Bertz CT molecular complexity index is 723. The number of hydrogen-bond acceptors (Lipinski definition) is 4. The number of nitrogens with zero attached hydrogens (tertiary/aromatic N) is 3. The van der Waals surface area contributed by atoms with Crippen LogP contribution in [0.2, 0.25) is 0 Å². The van der Waals surface area contributed by atoms with Crippen LogP contribution >= 0.6 is 0 Å². The van der Waals surface area contributed by atoms with Gasteiger partial charge in [0.2, 0.25) is 5.91 Å². The summed E-state index contributed by atoms with van der Waals surface area (Å²) in [5.41, 5.74) is 2.77. The first-order valence-electron chi connectivity index (χ1n) is 8.18. The summed E-state index contributed by atoms with van der Waals surface area (Å²) in [4.78, 5) is 12.5. The average Bonchev–Trinajstić information content (AvgIpc) is 3.32. The molecule has 1 aromatic carbocycles. The third-order valence-corrected chi connectivity index (χ3v) is 4.73. The summed E-state index contributed by atoms with van der Waals surface area (Å²) in [6.07, 6.45) is 5.67. The molecule has 120 valence electrons. The maximum Gasteiger partial charge on any atom is 0.249 e. The highest BCUT2D eigenvalue weighted by atomic mass is 16.3. The summed E-state index contributed by atoms with van der Waals surface area (Å²) in [5, 5.41) is 21.2. The molecule has 0 bridgehead atoms. The van der Waals surface area contributed by atoms with Gasteiger partial charge in [0.05, 0.1) is 11.8 Å². The third kappa shape index (κ3) is 2.99. The van der Waals surface area contributed by atoms with Crippen molar-refractivity contribution in [3.8, 4) is 0 Å². The highest BCUT2D eigenvalue weighted by Gasteiger charge is 2.31. The molecule has 2 aromatic rings. The van der Waals surface area contributed by atoms with E-state index in [1.807, 2.05) is 24.3 Å². The van der Waals surface area contributed by atoms with Crippen LogP contribution in [0, 0.1) is 5.92 Å². The van der Waals surface area contributed by atoms with Crippen molar-refractivity contribution < 1.29 is 9.90 Å². The van der Waals surface area contributed by atoms with E-state index >= 15 is 0 Å². The van der Waals surface area contributed by atoms with Crippen molar-refractivity contribution in [2.24, 2.45) is 5.92 Å². The van der Waals surface area contributed by atoms with Gasteiger partial charge in [-0.05, 0) is 43.2 Å². The Kier molecular flexibility index (Phi) is 3.61. The zero-order valence-electron chi connectivity index (χ0n) is 12.9. The number of para-hydroxylation sites is 1. The Labute approximate surface area is 134 Å². The molecule has 1 aliphatic heterocycles. The van der Waals surface area contributed by atoms with E-state index in [4.69, 9.17) is 0 Å². The monoisotopic (exact) mass is 312 g/mol. The van der Waals surface area contributed by atoms with Crippen molar-refractivity contribution in [3.63, 3.8) is 0 Å². The summed E-state index contributed by atoms with van der Waals surface area (Å²) < 4.78 is 1.64. The summed E-state index contributed by atoms with van der Waals surface area (Å²) in [7, 11) is 0. The summed E-state index contributed by atoms with van der Waals surface area (Å²) in [6, 6.07) is 7.51. The van der Waals surface area contributed by atoms with Crippen LogP contribution < -0.4 is 5.32 Å². The number of aliphatic hydroxyl groups excluding tert-OH is 1. The molecule has 2 atom stereocenters.